The summed E-state index contributed by atoms with van der Waals surface area (Å²) in [5, 5.41) is 12.8. The zero-order valence-corrected chi connectivity index (χ0v) is 19.1. The Hall–Kier alpha value is -2.66. The number of aliphatic hydroxyl groups is 1. The summed E-state index contributed by atoms with van der Waals surface area (Å²) in [4.78, 5) is 12.0. The molecule has 4 nitrogen and oxygen atoms in total. The summed E-state index contributed by atoms with van der Waals surface area (Å²) in [5.41, 5.74) is -3.31. The molecule has 1 aliphatic heterocycles. The predicted octanol–water partition coefficient (Wildman–Crippen LogP) is 5.58. The van der Waals surface area contributed by atoms with Crippen LogP contribution in [0.1, 0.15) is 54.4 Å². The highest BCUT2D eigenvalue weighted by molar-refractivity contribution is 5.84. The van der Waals surface area contributed by atoms with E-state index in [9.17, 15) is 40.6 Å². The summed E-state index contributed by atoms with van der Waals surface area (Å²) in [6, 6.07) is 6.88. The number of rotatable bonds is 5. The van der Waals surface area contributed by atoms with Gasteiger partial charge in [0.2, 0.25) is 5.91 Å². The Balaban J connectivity index is 1.63. The largest absolute Gasteiger partial charge is 0.416 e. The van der Waals surface area contributed by atoms with Crippen molar-refractivity contribution >= 4 is 5.91 Å². The van der Waals surface area contributed by atoms with E-state index >= 15 is 0 Å². The maximum atomic E-state index is 13.6. The first-order chi connectivity index (χ1) is 16.7. The van der Waals surface area contributed by atoms with Crippen LogP contribution in [-0.2, 0) is 28.5 Å². The van der Waals surface area contributed by atoms with E-state index < -0.39 is 65.5 Å². The molecule has 5 atom stereocenters. The second-order valence-corrected chi connectivity index (χ2v) is 9.65. The van der Waals surface area contributed by atoms with E-state index in [0.29, 0.717) is 30.5 Å². The van der Waals surface area contributed by atoms with Gasteiger partial charge in [-0.25, -0.2) is 4.39 Å². The van der Waals surface area contributed by atoms with Crippen LogP contribution >= 0.6 is 0 Å². The maximum Gasteiger partial charge on any atom is 0.416 e. The molecule has 0 radical (unpaired) electrons. The summed E-state index contributed by atoms with van der Waals surface area (Å²) in [7, 11) is 0. The molecule has 1 unspecified atom stereocenters. The fourth-order valence-electron chi connectivity index (χ4n) is 5.46. The van der Waals surface area contributed by atoms with Crippen LogP contribution in [0.5, 0.6) is 0 Å². The van der Waals surface area contributed by atoms with E-state index in [0.717, 1.165) is 0 Å². The van der Waals surface area contributed by atoms with Crippen LogP contribution in [-0.4, -0.2) is 28.8 Å². The minimum atomic E-state index is -4.97. The molecule has 36 heavy (non-hydrogen) atoms. The molecule has 1 saturated carbocycles. The van der Waals surface area contributed by atoms with Gasteiger partial charge < -0.3 is 15.2 Å². The molecule has 0 spiro atoms. The highest BCUT2D eigenvalue weighted by Crippen LogP contribution is 2.49. The van der Waals surface area contributed by atoms with E-state index in [1.165, 1.54) is 24.3 Å². The van der Waals surface area contributed by atoms with Gasteiger partial charge in [0.25, 0.3) is 0 Å². The zero-order chi connectivity index (χ0) is 26.5. The molecule has 2 aromatic rings. The summed E-state index contributed by atoms with van der Waals surface area (Å²) < 4.78 is 98.9. The van der Waals surface area contributed by atoms with Gasteiger partial charge in [0.15, 0.2) is 0 Å². The van der Waals surface area contributed by atoms with Gasteiger partial charge in [-0.2, -0.15) is 26.3 Å². The molecule has 2 N–H and O–H groups in total. The molecule has 1 heterocycles. The van der Waals surface area contributed by atoms with Gasteiger partial charge in [0.05, 0.1) is 23.8 Å². The lowest BCUT2D eigenvalue weighted by Gasteiger charge is -2.37. The second-order valence-electron chi connectivity index (χ2n) is 9.65. The van der Waals surface area contributed by atoms with Crippen LogP contribution in [0, 0.1) is 11.7 Å². The highest BCUT2D eigenvalue weighted by Gasteiger charge is 2.52. The van der Waals surface area contributed by atoms with Crippen molar-refractivity contribution in [1.82, 2.24) is 5.32 Å². The molecule has 1 aliphatic carbocycles. The van der Waals surface area contributed by atoms with E-state index in [1.807, 2.05) is 0 Å². The number of hydrogen-bond acceptors (Lipinski definition) is 3. The van der Waals surface area contributed by atoms with Gasteiger partial charge in [-0.15, -0.1) is 0 Å². The van der Waals surface area contributed by atoms with Crippen molar-refractivity contribution in [2.24, 2.45) is 5.92 Å². The first kappa shape index (κ1) is 26.4. The number of carbonyl (C=O) groups is 1. The van der Waals surface area contributed by atoms with Crippen LogP contribution in [0.25, 0.3) is 0 Å². The molecule has 4 rings (SSSR count). The number of alkyl halides is 6. The Kier molecular flexibility index (Phi) is 6.85. The van der Waals surface area contributed by atoms with Crippen LogP contribution in [0.2, 0.25) is 0 Å². The molecule has 196 valence electrons. The molecular formula is C25H24F7NO3. The second kappa shape index (κ2) is 9.33. The van der Waals surface area contributed by atoms with Gasteiger partial charge in [-0.05, 0) is 67.1 Å². The number of carbonyl (C=O) groups excluding carboxylic acids is 1. The number of halogens is 7. The van der Waals surface area contributed by atoms with Crippen molar-refractivity contribution in [3.8, 4) is 0 Å². The lowest BCUT2D eigenvalue weighted by Crippen LogP contribution is -2.47. The monoisotopic (exact) mass is 519 g/mol. The van der Waals surface area contributed by atoms with Gasteiger partial charge in [-0.1, -0.05) is 12.1 Å². The van der Waals surface area contributed by atoms with E-state index in [4.69, 9.17) is 4.74 Å². The van der Waals surface area contributed by atoms with Gasteiger partial charge in [-0.3, -0.25) is 4.79 Å². The number of ether oxygens (including phenoxy) is 1. The third-order valence-electron chi connectivity index (χ3n) is 7.11. The van der Waals surface area contributed by atoms with E-state index in [-0.39, 0.29) is 24.0 Å². The third-order valence-corrected chi connectivity index (χ3v) is 7.11. The Morgan fingerprint density at radius 2 is 1.58 bits per heavy atom. The number of benzene rings is 2. The summed E-state index contributed by atoms with van der Waals surface area (Å²) in [6.07, 6.45) is -10.7. The fourth-order valence-corrected chi connectivity index (χ4v) is 5.46. The molecular weight excluding hydrogens is 495 g/mol. The summed E-state index contributed by atoms with van der Waals surface area (Å²) >= 11 is 0. The smallest absolute Gasteiger partial charge is 0.383 e. The van der Waals surface area contributed by atoms with E-state index in [1.54, 1.807) is 6.92 Å². The summed E-state index contributed by atoms with van der Waals surface area (Å²) in [5.74, 6) is -1.73. The van der Waals surface area contributed by atoms with Crippen molar-refractivity contribution < 1.29 is 45.4 Å². The number of hydrogen-bond donors (Lipinski definition) is 2. The lowest BCUT2D eigenvalue weighted by atomic mass is 9.74. The average molecular weight is 519 g/mol. The number of amides is 1. The Morgan fingerprint density at radius 3 is 2.08 bits per heavy atom. The van der Waals surface area contributed by atoms with Crippen LogP contribution in [0.4, 0.5) is 30.7 Å². The zero-order valence-electron chi connectivity index (χ0n) is 19.1. The normalized spacial score (nSPS) is 29.0. The molecule has 0 bridgehead atoms. The third kappa shape index (κ3) is 5.36. The molecule has 2 aliphatic rings. The molecule has 2 fully saturated rings. The number of aliphatic hydroxyl groups excluding tert-OH is 1. The lowest BCUT2D eigenvalue weighted by molar-refractivity contribution is -0.143. The minimum Gasteiger partial charge on any atom is -0.383 e. The topological polar surface area (TPSA) is 58.6 Å². The van der Waals surface area contributed by atoms with Gasteiger partial charge in [0, 0.05) is 17.9 Å². The van der Waals surface area contributed by atoms with Crippen LogP contribution in [0.15, 0.2) is 42.5 Å². The van der Waals surface area contributed by atoms with Crippen molar-refractivity contribution in [2.75, 3.05) is 0 Å². The fraction of sp³-hybridized carbons (Fsp3) is 0.480. The number of nitrogens with one attached hydrogen (secondary N) is 1. The first-order valence-corrected chi connectivity index (χ1v) is 11.3. The Morgan fingerprint density at radius 1 is 1.00 bits per heavy atom. The van der Waals surface area contributed by atoms with Gasteiger partial charge in [0.1, 0.15) is 11.9 Å². The van der Waals surface area contributed by atoms with Crippen molar-refractivity contribution in [1.29, 1.82) is 0 Å². The predicted molar refractivity (Wildman–Crippen MR) is 114 cm³/mol. The summed E-state index contributed by atoms with van der Waals surface area (Å²) in [6.45, 7) is 1.26. The van der Waals surface area contributed by atoms with E-state index in [2.05, 4.69) is 5.32 Å². The quantitative estimate of drug-likeness (QED) is 0.507. The molecule has 11 heteroatoms. The maximum absolute atomic E-state index is 13.6. The standard InChI is InChI=1S/C25H24F7NO3/c1-23(11-19(34)22(35)33-23)18-6-7-20(21(18)14-2-4-17(26)5-3-14)36-12-13-8-15(24(27,28)29)10-16(9-13)25(30,31)32/h2-5,8-10,18-21,34H,6-7,11-12H2,1H3,(H,33,35)/t18-,19?,20+,21+,23-/m1/s1. The first-order valence-electron chi connectivity index (χ1n) is 11.3. The Bertz CT molecular complexity index is 1080. The van der Waals surface area contributed by atoms with Crippen molar-refractivity contribution in [3.63, 3.8) is 0 Å². The molecule has 1 saturated heterocycles. The van der Waals surface area contributed by atoms with Gasteiger partial charge >= 0.3 is 12.4 Å². The average Bonchev–Trinajstić information content (AvgIpc) is 3.32. The SMILES string of the molecule is C[C@]1([C@@H]2CC[C@H](OCc3cc(C(F)(F)F)cc(C(F)(F)F)c3)[C@H]2c2ccc(F)cc2)CC(O)C(=O)N1. The van der Waals surface area contributed by atoms with Crippen molar-refractivity contribution in [3.05, 3.63) is 70.5 Å². The molecule has 1 amide bonds. The van der Waals surface area contributed by atoms with Crippen LogP contribution in [0.3, 0.4) is 0 Å². The van der Waals surface area contributed by atoms with Crippen LogP contribution < -0.4 is 5.32 Å². The highest BCUT2D eigenvalue weighted by atomic mass is 19.4. The molecule has 2 aromatic carbocycles. The Labute approximate surface area is 202 Å². The molecule has 0 aromatic heterocycles. The van der Waals surface area contributed by atoms with Crippen molar-refractivity contribution in [2.45, 2.75) is 68.8 Å². The minimum absolute atomic E-state index is 0.0609.